The van der Waals surface area contributed by atoms with E-state index < -0.39 is 5.97 Å². The van der Waals surface area contributed by atoms with Crippen molar-refractivity contribution in [2.45, 2.75) is 38.3 Å². The van der Waals surface area contributed by atoms with E-state index in [1.165, 1.54) is 21.8 Å². The highest BCUT2D eigenvalue weighted by atomic mass is 32.1. The van der Waals surface area contributed by atoms with Crippen molar-refractivity contribution in [3.8, 4) is 0 Å². The number of likely N-dealkylation sites (tertiary alicyclic amines) is 1. The zero-order valence-corrected chi connectivity index (χ0v) is 15.1. The molecule has 4 rings (SSSR count). The molecule has 0 saturated carbocycles. The Bertz CT molecular complexity index is 776. The maximum Gasteiger partial charge on any atom is 0.345 e. The Kier molecular flexibility index (Phi) is 4.35. The van der Waals surface area contributed by atoms with Gasteiger partial charge in [0.15, 0.2) is 0 Å². The predicted molar refractivity (Wildman–Crippen MR) is 96.1 cm³/mol. The number of aromatic carboxylic acids is 1. The third kappa shape index (κ3) is 3.21. The molecule has 0 aromatic carbocycles. The van der Waals surface area contributed by atoms with E-state index in [-0.39, 0.29) is 5.60 Å². The molecule has 0 aliphatic carbocycles. The highest BCUT2D eigenvalue weighted by Gasteiger charge is 2.42. The summed E-state index contributed by atoms with van der Waals surface area (Å²) in [6.07, 6.45) is 4.60. The molecular weight excluding hydrogens is 336 g/mol. The maximum absolute atomic E-state index is 11.3. The van der Waals surface area contributed by atoms with E-state index in [9.17, 15) is 9.90 Å². The molecular formula is C19H22N2O3S. The summed E-state index contributed by atoms with van der Waals surface area (Å²) in [5.41, 5.74) is 3.10. The van der Waals surface area contributed by atoms with Crippen molar-refractivity contribution in [2.75, 3.05) is 19.7 Å². The average molecular weight is 358 g/mol. The number of carboxylic acid groups (broad SMARTS) is 1. The Balaban J connectivity index is 1.48. The van der Waals surface area contributed by atoms with Gasteiger partial charge in [-0.3, -0.25) is 9.88 Å². The number of carbonyl (C=O) groups is 1. The number of fused-ring (bicyclic) bond motifs is 2. The van der Waals surface area contributed by atoms with Crippen molar-refractivity contribution in [1.82, 2.24) is 9.88 Å². The lowest BCUT2D eigenvalue weighted by atomic mass is 9.82. The summed E-state index contributed by atoms with van der Waals surface area (Å²) in [7, 11) is 0. The van der Waals surface area contributed by atoms with Crippen molar-refractivity contribution >= 4 is 17.3 Å². The zero-order valence-electron chi connectivity index (χ0n) is 14.3. The van der Waals surface area contributed by atoms with Crippen LogP contribution in [0.1, 0.15) is 44.2 Å². The minimum Gasteiger partial charge on any atom is -0.477 e. The molecule has 0 atom stereocenters. The van der Waals surface area contributed by atoms with Crippen LogP contribution in [0.5, 0.6) is 0 Å². The number of pyridine rings is 1. The van der Waals surface area contributed by atoms with Gasteiger partial charge < -0.3 is 9.84 Å². The van der Waals surface area contributed by atoms with Crippen LogP contribution in [0.2, 0.25) is 0 Å². The van der Waals surface area contributed by atoms with Crippen LogP contribution in [0.25, 0.3) is 0 Å². The zero-order chi connectivity index (χ0) is 17.4. The second-order valence-electron chi connectivity index (χ2n) is 6.93. The van der Waals surface area contributed by atoms with Crippen molar-refractivity contribution in [2.24, 2.45) is 0 Å². The number of aromatic nitrogens is 1. The Morgan fingerprint density at radius 3 is 2.88 bits per heavy atom. The summed E-state index contributed by atoms with van der Waals surface area (Å²) in [6, 6.07) is 6.04. The van der Waals surface area contributed by atoms with Crippen LogP contribution in [0.15, 0.2) is 24.4 Å². The van der Waals surface area contributed by atoms with E-state index in [2.05, 4.69) is 22.0 Å². The minimum absolute atomic E-state index is 0.292. The van der Waals surface area contributed by atoms with Gasteiger partial charge in [0.05, 0.1) is 12.2 Å². The van der Waals surface area contributed by atoms with Crippen LogP contribution in [0.3, 0.4) is 0 Å². The monoisotopic (exact) mass is 358 g/mol. The molecule has 0 unspecified atom stereocenters. The summed E-state index contributed by atoms with van der Waals surface area (Å²) < 4.78 is 6.21. The topological polar surface area (TPSA) is 62.7 Å². The third-order valence-corrected chi connectivity index (χ3v) is 6.44. The number of nitrogens with zero attached hydrogens (tertiary/aromatic N) is 2. The molecule has 2 aromatic rings. The second kappa shape index (κ2) is 6.52. The Morgan fingerprint density at radius 1 is 1.40 bits per heavy atom. The number of ether oxygens (including phenoxy) is 1. The van der Waals surface area contributed by atoms with Crippen molar-refractivity contribution < 1.29 is 14.6 Å². The number of aryl methyl sites for hydroxylation is 1. The van der Waals surface area contributed by atoms with Gasteiger partial charge in [-0.25, -0.2) is 4.79 Å². The fourth-order valence-corrected chi connectivity index (χ4v) is 4.93. The van der Waals surface area contributed by atoms with E-state index >= 15 is 0 Å². The second-order valence-corrected chi connectivity index (χ2v) is 8.07. The number of hydrogen-bond acceptors (Lipinski definition) is 5. The van der Waals surface area contributed by atoms with Crippen LogP contribution in [-0.4, -0.2) is 40.7 Å². The highest BCUT2D eigenvalue weighted by molar-refractivity contribution is 7.14. The summed E-state index contributed by atoms with van der Waals surface area (Å²) in [5.74, 6) is -0.834. The predicted octanol–water partition coefficient (Wildman–Crippen LogP) is 3.21. The average Bonchev–Trinajstić information content (AvgIpc) is 3.05. The van der Waals surface area contributed by atoms with Crippen LogP contribution >= 0.6 is 11.3 Å². The number of hydrogen-bond donors (Lipinski definition) is 1. The standard InChI is InChI=1S/C19H22N2O3S/c1-13-2-3-14(11-20-13)12-21-7-5-19(6-8-21)15-10-17(18(22)23)25-16(15)4-9-24-19/h2-3,10-11H,4-9,12H2,1H3,(H,22,23). The number of thiophene rings is 1. The van der Waals surface area contributed by atoms with E-state index in [4.69, 9.17) is 4.74 Å². The first-order chi connectivity index (χ1) is 12.1. The third-order valence-electron chi connectivity index (χ3n) is 5.26. The van der Waals surface area contributed by atoms with Crippen LogP contribution in [-0.2, 0) is 23.3 Å². The Morgan fingerprint density at radius 2 is 2.20 bits per heavy atom. The number of piperidine rings is 1. The van der Waals surface area contributed by atoms with Gasteiger partial charge in [-0.15, -0.1) is 11.3 Å². The quantitative estimate of drug-likeness (QED) is 0.913. The van der Waals surface area contributed by atoms with Gasteiger partial charge >= 0.3 is 5.97 Å². The molecule has 1 spiro atoms. The van der Waals surface area contributed by atoms with Crippen LogP contribution in [0.4, 0.5) is 0 Å². The first-order valence-electron chi connectivity index (χ1n) is 8.70. The molecule has 6 heteroatoms. The van der Waals surface area contributed by atoms with E-state index in [0.717, 1.165) is 50.2 Å². The van der Waals surface area contributed by atoms with Crippen molar-refractivity contribution in [3.63, 3.8) is 0 Å². The molecule has 2 aromatic heterocycles. The fourth-order valence-electron chi connectivity index (χ4n) is 3.86. The smallest absolute Gasteiger partial charge is 0.345 e. The van der Waals surface area contributed by atoms with E-state index in [0.29, 0.717) is 11.5 Å². The summed E-state index contributed by atoms with van der Waals surface area (Å²) in [4.78, 5) is 19.8. The molecule has 25 heavy (non-hydrogen) atoms. The van der Waals surface area contributed by atoms with Crippen LogP contribution in [0, 0.1) is 6.92 Å². The molecule has 0 amide bonds. The van der Waals surface area contributed by atoms with Gasteiger partial charge in [-0.2, -0.15) is 0 Å². The van der Waals surface area contributed by atoms with Gasteiger partial charge in [-0.05, 0) is 43.0 Å². The van der Waals surface area contributed by atoms with Gasteiger partial charge in [0.2, 0.25) is 0 Å². The summed E-state index contributed by atoms with van der Waals surface area (Å²) >= 11 is 1.41. The molecule has 5 nitrogen and oxygen atoms in total. The lowest BCUT2D eigenvalue weighted by molar-refractivity contribution is -0.0981. The van der Waals surface area contributed by atoms with Crippen LogP contribution < -0.4 is 0 Å². The maximum atomic E-state index is 11.3. The molecule has 4 heterocycles. The highest BCUT2D eigenvalue weighted by Crippen LogP contribution is 2.44. The lowest BCUT2D eigenvalue weighted by Crippen LogP contribution is -2.45. The van der Waals surface area contributed by atoms with E-state index in [1.807, 2.05) is 19.2 Å². The van der Waals surface area contributed by atoms with Gasteiger partial charge in [0.1, 0.15) is 4.88 Å². The van der Waals surface area contributed by atoms with Gasteiger partial charge in [0, 0.05) is 42.8 Å². The van der Waals surface area contributed by atoms with Gasteiger partial charge in [-0.1, -0.05) is 6.07 Å². The number of rotatable bonds is 3. The Labute approximate surface area is 151 Å². The van der Waals surface area contributed by atoms with Crippen molar-refractivity contribution in [3.05, 3.63) is 51.0 Å². The normalized spacial score (nSPS) is 19.7. The summed E-state index contributed by atoms with van der Waals surface area (Å²) in [5, 5.41) is 9.30. The molecule has 1 saturated heterocycles. The number of carboxylic acids is 1. The summed E-state index contributed by atoms with van der Waals surface area (Å²) in [6.45, 7) is 5.49. The fraction of sp³-hybridized carbons (Fsp3) is 0.474. The molecule has 2 aliphatic heterocycles. The van der Waals surface area contributed by atoms with Gasteiger partial charge in [0.25, 0.3) is 0 Å². The van der Waals surface area contributed by atoms with E-state index in [1.54, 1.807) is 0 Å². The molecule has 0 radical (unpaired) electrons. The molecule has 2 aliphatic rings. The first-order valence-corrected chi connectivity index (χ1v) is 9.52. The minimum atomic E-state index is -0.834. The molecule has 1 N–H and O–H groups in total. The lowest BCUT2D eigenvalue weighted by Gasteiger charge is -2.44. The Hall–Kier alpha value is -1.76. The molecule has 0 bridgehead atoms. The molecule has 1 fully saturated rings. The molecule has 132 valence electrons. The largest absolute Gasteiger partial charge is 0.477 e. The first kappa shape index (κ1) is 16.7. The SMILES string of the molecule is Cc1ccc(CN2CCC3(CC2)OCCc2sc(C(=O)O)cc23)cn1. The van der Waals surface area contributed by atoms with Crippen molar-refractivity contribution in [1.29, 1.82) is 0 Å².